The van der Waals surface area contributed by atoms with Crippen LogP contribution in [0.15, 0.2) is 10.7 Å². The second-order valence-corrected chi connectivity index (χ2v) is 4.12. The number of aromatic nitrogens is 2. The topological polar surface area (TPSA) is 50.1 Å². The second kappa shape index (κ2) is 3.77. The predicted molar refractivity (Wildman–Crippen MR) is 54.4 cm³/mol. The molecule has 74 valence electrons. The van der Waals surface area contributed by atoms with Crippen molar-refractivity contribution in [1.29, 1.82) is 0 Å². The van der Waals surface area contributed by atoms with E-state index in [1.165, 1.54) is 0 Å². The van der Waals surface area contributed by atoms with Gasteiger partial charge in [0.25, 0.3) is 0 Å². The number of aryl methyl sites for hydroxylation is 1. The molecule has 0 aliphatic heterocycles. The molecular weight excluding hydrogens is 234 g/mol. The molecule has 2 N–H and O–H groups in total. The van der Waals surface area contributed by atoms with Crippen LogP contribution in [0.5, 0.6) is 0 Å². The van der Waals surface area contributed by atoms with Crippen LogP contribution < -0.4 is 5.32 Å². The van der Waals surface area contributed by atoms with Gasteiger partial charge in [0, 0.05) is 13.6 Å². The summed E-state index contributed by atoms with van der Waals surface area (Å²) < 4.78 is 2.50. The van der Waals surface area contributed by atoms with Gasteiger partial charge in [0.05, 0.1) is 16.4 Å². The molecule has 0 bridgehead atoms. The number of rotatable bonds is 3. The van der Waals surface area contributed by atoms with E-state index in [1.54, 1.807) is 24.9 Å². The van der Waals surface area contributed by atoms with Crippen LogP contribution in [0.25, 0.3) is 0 Å². The van der Waals surface area contributed by atoms with Crippen LogP contribution in [-0.2, 0) is 12.6 Å². The molecule has 1 aromatic heterocycles. The zero-order valence-corrected chi connectivity index (χ0v) is 9.59. The number of nitrogens with one attached hydrogen (secondary N) is 1. The van der Waals surface area contributed by atoms with E-state index in [2.05, 4.69) is 26.3 Å². The number of hydrogen-bond acceptors (Lipinski definition) is 3. The van der Waals surface area contributed by atoms with E-state index in [-0.39, 0.29) is 0 Å². The highest BCUT2D eigenvalue weighted by Gasteiger charge is 2.28. The summed E-state index contributed by atoms with van der Waals surface area (Å²) >= 11 is 3.35. The van der Waals surface area contributed by atoms with Crippen molar-refractivity contribution in [3.05, 3.63) is 16.4 Å². The van der Waals surface area contributed by atoms with E-state index in [1.807, 2.05) is 7.05 Å². The Balaban J connectivity index is 3.05. The number of aliphatic hydroxyl groups is 1. The Kier molecular flexibility index (Phi) is 3.10. The maximum atomic E-state index is 10.1. The zero-order chi connectivity index (χ0) is 10.1. The summed E-state index contributed by atoms with van der Waals surface area (Å²) in [7, 11) is 3.61. The maximum Gasteiger partial charge on any atom is 0.117 e. The lowest BCUT2D eigenvalue weighted by Gasteiger charge is -2.23. The summed E-state index contributed by atoms with van der Waals surface area (Å²) in [6.07, 6.45) is 1.68. The molecule has 1 rings (SSSR count). The fourth-order valence-electron chi connectivity index (χ4n) is 1.44. The van der Waals surface area contributed by atoms with Crippen LogP contribution in [0.1, 0.15) is 12.6 Å². The molecule has 5 heteroatoms. The van der Waals surface area contributed by atoms with Gasteiger partial charge in [0.2, 0.25) is 0 Å². The SMILES string of the molecule is CNCC(C)(O)c1c(Br)cnn1C. The number of hydrogen-bond donors (Lipinski definition) is 2. The monoisotopic (exact) mass is 247 g/mol. The van der Waals surface area contributed by atoms with Gasteiger partial charge in [-0.05, 0) is 29.9 Å². The summed E-state index contributed by atoms with van der Waals surface area (Å²) in [5.41, 5.74) is -0.124. The van der Waals surface area contributed by atoms with Gasteiger partial charge in [-0.15, -0.1) is 0 Å². The van der Waals surface area contributed by atoms with E-state index < -0.39 is 5.60 Å². The first kappa shape index (κ1) is 10.7. The first-order valence-corrected chi connectivity index (χ1v) is 4.83. The standard InChI is InChI=1S/C8H14BrN3O/c1-8(13,5-10-2)7-6(9)4-11-12(7)3/h4,10,13H,5H2,1-3H3. The lowest BCUT2D eigenvalue weighted by molar-refractivity contribution is 0.0499. The lowest BCUT2D eigenvalue weighted by atomic mass is 10.0. The van der Waals surface area contributed by atoms with E-state index in [9.17, 15) is 5.11 Å². The fourth-order valence-corrected chi connectivity index (χ4v) is 2.22. The van der Waals surface area contributed by atoms with Crippen molar-refractivity contribution >= 4 is 15.9 Å². The molecule has 0 aliphatic rings. The molecule has 0 aromatic carbocycles. The van der Waals surface area contributed by atoms with Gasteiger partial charge < -0.3 is 10.4 Å². The highest BCUT2D eigenvalue weighted by Crippen LogP contribution is 2.26. The van der Waals surface area contributed by atoms with Gasteiger partial charge >= 0.3 is 0 Å². The Morgan fingerprint density at radius 3 is 2.77 bits per heavy atom. The minimum atomic E-state index is -0.904. The molecule has 1 aromatic rings. The maximum absolute atomic E-state index is 10.1. The van der Waals surface area contributed by atoms with E-state index in [4.69, 9.17) is 0 Å². The van der Waals surface area contributed by atoms with Crippen LogP contribution in [0, 0.1) is 0 Å². The van der Waals surface area contributed by atoms with Crippen molar-refractivity contribution in [1.82, 2.24) is 15.1 Å². The highest BCUT2D eigenvalue weighted by atomic mass is 79.9. The van der Waals surface area contributed by atoms with Crippen LogP contribution >= 0.6 is 15.9 Å². The largest absolute Gasteiger partial charge is 0.382 e. The first-order valence-electron chi connectivity index (χ1n) is 4.04. The molecular formula is C8H14BrN3O. The summed E-state index contributed by atoms with van der Waals surface area (Å²) in [5, 5.41) is 17.1. The average molecular weight is 248 g/mol. The third-order valence-electron chi connectivity index (χ3n) is 1.93. The third-order valence-corrected chi connectivity index (χ3v) is 2.51. The van der Waals surface area contributed by atoms with Crippen LogP contribution in [-0.4, -0.2) is 28.5 Å². The molecule has 1 atom stereocenters. The second-order valence-electron chi connectivity index (χ2n) is 3.27. The van der Waals surface area contributed by atoms with Gasteiger partial charge in [0.1, 0.15) is 5.60 Å². The van der Waals surface area contributed by atoms with Gasteiger partial charge in [-0.25, -0.2) is 0 Å². The smallest absolute Gasteiger partial charge is 0.117 e. The number of likely N-dealkylation sites (N-methyl/N-ethyl adjacent to an activating group) is 1. The van der Waals surface area contributed by atoms with Crippen molar-refractivity contribution in [2.45, 2.75) is 12.5 Å². The van der Waals surface area contributed by atoms with Crippen LogP contribution in [0.2, 0.25) is 0 Å². The molecule has 1 heterocycles. The van der Waals surface area contributed by atoms with E-state index in [0.29, 0.717) is 6.54 Å². The summed E-state index contributed by atoms with van der Waals surface area (Å²) in [6, 6.07) is 0. The lowest BCUT2D eigenvalue weighted by Crippen LogP contribution is -2.35. The van der Waals surface area contributed by atoms with Crippen molar-refractivity contribution in [2.75, 3.05) is 13.6 Å². The minimum absolute atomic E-state index is 0.491. The van der Waals surface area contributed by atoms with Gasteiger partial charge in [-0.2, -0.15) is 5.10 Å². The van der Waals surface area contributed by atoms with Crippen LogP contribution in [0.4, 0.5) is 0 Å². The number of halogens is 1. The Morgan fingerprint density at radius 2 is 2.38 bits per heavy atom. The average Bonchev–Trinajstić information content (AvgIpc) is 2.31. The van der Waals surface area contributed by atoms with Crippen molar-refractivity contribution in [2.24, 2.45) is 7.05 Å². The van der Waals surface area contributed by atoms with Gasteiger partial charge in [0.15, 0.2) is 0 Å². The van der Waals surface area contributed by atoms with Crippen molar-refractivity contribution < 1.29 is 5.11 Å². The van der Waals surface area contributed by atoms with Crippen molar-refractivity contribution in [3.8, 4) is 0 Å². The van der Waals surface area contributed by atoms with E-state index in [0.717, 1.165) is 10.2 Å². The Morgan fingerprint density at radius 1 is 1.77 bits per heavy atom. The van der Waals surface area contributed by atoms with Gasteiger partial charge in [-0.1, -0.05) is 0 Å². The minimum Gasteiger partial charge on any atom is -0.382 e. The Labute approximate surface area is 86.1 Å². The fraction of sp³-hybridized carbons (Fsp3) is 0.625. The normalized spacial score (nSPS) is 15.8. The summed E-state index contributed by atoms with van der Waals surface area (Å²) in [5.74, 6) is 0. The molecule has 1 unspecified atom stereocenters. The van der Waals surface area contributed by atoms with E-state index >= 15 is 0 Å². The van der Waals surface area contributed by atoms with Crippen molar-refractivity contribution in [3.63, 3.8) is 0 Å². The summed E-state index contributed by atoms with van der Waals surface area (Å²) in [6.45, 7) is 2.25. The molecule has 0 amide bonds. The molecule has 0 radical (unpaired) electrons. The quantitative estimate of drug-likeness (QED) is 0.824. The Bertz CT molecular complexity index is 276. The number of nitrogens with zero attached hydrogens (tertiary/aromatic N) is 2. The molecule has 4 nitrogen and oxygen atoms in total. The summed E-state index contributed by atoms with van der Waals surface area (Å²) in [4.78, 5) is 0. The molecule has 13 heavy (non-hydrogen) atoms. The third kappa shape index (κ3) is 2.10. The molecule has 0 fully saturated rings. The molecule has 0 spiro atoms. The Hall–Kier alpha value is -0.390. The van der Waals surface area contributed by atoms with Gasteiger partial charge in [-0.3, -0.25) is 4.68 Å². The van der Waals surface area contributed by atoms with Crippen LogP contribution in [0.3, 0.4) is 0 Å². The molecule has 0 saturated heterocycles. The predicted octanol–water partition coefficient (Wildman–Crippen LogP) is 0.610. The zero-order valence-electron chi connectivity index (χ0n) is 8.00. The highest BCUT2D eigenvalue weighted by molar-refractivity contribution is 9.10. The first-order chi connectivity index (χ1) is 5.99. The molecule has 0 aliphatic carbocycles. The molecule has 0 saturated carbocycles.